The predicted molar refractivity (Wildman–Crippen MR) is 109 cm³/mol. The van der Waals surface area contributed by atoms with Gasteiger partial charge in [-0.15, -0.1) is 0 Å². The monoisotopic (exact) mass is 417 g/mol. The zero-order valence-corrected chi connectivity index (χ0v) is 16.9. The maximum atomic E-state index is 14.8. The minimum absolute atomic E-state index is 0.0408. The van der Waals surface area contributed by atoms with Crippen LogP contribution in [-0.2, 0) is 0 Å². The van der Waals surface area contributed by atoms with Gasteiger partial charge in [0, 0.05) is 24.4 Å². The van der Waals surface area contributed by atoms with Crippen molar-refractivity contribution in [3.05, 3.63) is 66.1 Å². The van der Waals surface area contributed by atoms with E-state index in [0.29, 0.717) is 18.3 Å². The van der Waals surface area contributed by atoms with Gasteiger partial charge >= 0.3 is 0 Å². The summed E-state index contributed by atoms with van der Waals surface area (Å²) in [6, 6.07) is 6.15. The van der Waals surface area contributed by atoms with Crippen LogP contribution in [0.3, 0.4) is 0 Å². The van der Waals surface area contributed by atoms with E-state index in [-0.39, 0.29) is 40.4 Å². The Kier molecular flexibility index (Phi) is 3.87. The highest BCUT2D eigenvalue weighted by Crippen LogP contribution is 2.71. The van der Waals surface area contributed by atoms with Crippen molar-refractivity contribution in [1.29, 1.82) is 0 Å². The lowest BCUT2D eigenvalue weighted by atomic mass is 9.73. The molecule has 156 valence electrons. The highest BCUT2D eigenvalue weighted by atomic mass is 19.1. The van der Waals surface area contributed by atoms with E-state index in [4.69, 9.17) is 4.74 Å². The van der Waals surface area contributed by atoms with E-state index < -0.39 is 5.82 Å². The maximum Gasteiger partial charge on any atom is 0.255 e. The Hall–Kier alpha value is -3.42. The molecule has 0 radical (unpaired) electrons. The number of carbonyl (C=O) groups is 1. The molecule has 2 saturated carbocycles. The van der Waals surface area contributed by atoms with Gasteiger partial charge in [0.2, 0.25) is 5.88 Å². The largest absolute Gasteiger partial charge is 0.471 e. The molecule has 3 fully saturated rings. The first-order valence-electron chi connectivity index (χ1n) is 10.4. The molecule has 6 rings (SSSR count). The molecule has 3 heterocycles. The fraction of sp³-hybridized carbons (Fsp3) is 0.348. The number of piperidine rings is 1. The molecule has 1 aromatic carbocycles. The number of carbonyl (C=O) groups excluding carboxylic acids is 1. The molecule has 7 nitrogen and oxygen atoms in total. The summed E-state index contributed by atoms with van der Waals surface area (Å²) in [5.74, 6) is 0.440. The van der Waals surface area contributed by atoms with Gasteiger partial charge in [-0.2, -0.15) is 0 Å². The van der Waals surface area contributed by atoms with Crippen LogP contribution in [-0.4, -0.2) is 49.4 Å². The van der Waals surface area contributed by atoms with Crippen molar-refractivity contribution in [2.45, 2.75) is 31.9 Å². The van der Waals surface area contributed by atoms with Gasteiger partial charge in [-0.25, -0.2) is 19.3 Å². The summed E-state index contributed by atoms with van der Waals surface area (Å²) in [7, 11) is 0. The molecule has 31 heavy (non-hydrogen) atoms. The molecule has 2 aromatic heterocycles. The fourth-order valence-corrected chi connectivity index (χ4v) is 5.36. The zero-order valence-electron chi connectivity index (χ0n) is 16.9. The number of hydrogen-bond acceptors (Lipinski definition) is 6. The van der Waals surface area contributed by atoms with E-state index in [9.17, 15) is 9.18 Å². The number of amides is 1. The zero-order chi connectivity index (χ0) is 21.2. The van der Waals surface area contributed by atoms with Crippen molar-refractivity contribution in [1.82, 2.24) is 24.8 Å². The van der Waals surface area contributed by atoms with Crippen LogP contribution in [0.15, 0.2) is 49.1 Å². The Morgan fingerprint density at radius 2 is 1.97 bits per heavy atom. The summed E-state index contributed by atoms with van der Waals surface area (Å²) in [5, 5.41) is 0. The standard InChI is InChI=1S/C23H20FN5O2/c1-13-10-28-18(11-27-13)31-17-9-23-8-14(23)12-29(20(17)23)22(30)15-4-2-5-16(24)19(15)21-25-6-3-7-26-21/h2-7,10-11,14,17,20H,8-9,12H2,1H3. The number of aromatic nitrogens is 4. The summed E-state index contributed by atoms with van der Waals surface area (Å²) in [4.78, 5) is 32.3. The van der Waals surface area contributed by atoms with Crippen LogP contribution in [0.5, 0.6) is 5.88 Å². The number of halogens is 1. The van der Waals surface area contributed by atoms with Crippen LogP contribution in [0.25, 0.3) is 11.4 Å². The average molecular weight is 417 g/mol. The van der Waals surface area contributed by atoms with Crippen molar-refractivity contribution >= 4 is 5.91 Å². The fourth-order valence-electron chi connectivity index (χ4n) is 5.36. The first-order valence-corrected chi connectivity index (χ1v) is 10.4. The number of likely N-dealkylation sites (tertiary alicyclic amines) is 1. The summed E-state index contributed by atoms with van der Waals surface area (Å²) in [5.41, 5.74) is 1.38. The van der Waals surface area contributed by atoms with Crippen LogP contribution in [0.2, 0.25) is 0 Å². The number of nitrogens with zero attached hydrogens (tertiary/aromatic N) is 5. The van der Waals surface area contributed by atoms with E-state index in [2.05, 4.69) is 19.9 Å². The number of rotatable bonds is 4. The van der Waals surface area contributed by atoms with Crippen LogP contribution < -0.4 is 4.74 Å². The SMILES string of the molecule is Cc1cnc(OC2CC34CC3CN(C(=O)c3cccc(F)c3-c3ncccn3)C24)cn1. The third-order valence-electron chi connectivity index (χ3n) is 6.88. The smallest absolute Gasteiger partial charge is 0.255 e. The number of aryl methyl sites for hydroxylation is 1. The molecule has 4 atom stereocenters. The third kappa shape index (κ3) is 2.74. The lowest BCUT2D eigenvalue weighted by Gasteiger charge is -2.47. The lowest BCUT2D eigenvalue weighted by Crippen LogP contribution is -2.59. The Balaban J connectivity index is 1.31. The first kappa shape index (κ1) is 18.4. The molecule has 1 aliphatic heterocycles. The molecular formula is C23H20FN5O2. The maximum absolute atomic E-state index is 14.8. The van der Waals surface area contributed by atoms with Crippen LogP contribution in [0, 0.1) is 24.1 Å². The molecule has 8 heteroatoms. The lowest BCUT2D eigenvalue weighted by molar-refractivity contribution is -0.0347. The van der Waals surface area contributed by atoms with Crippen molar-refractivity contribution in [2.75, 3.05) is 6.54 Å². The summed E-state index contributed by atoms with van der Waals surface area (Å²) in [6.45, 7) is 2.53. The number of benzene rings is 1. The highest BCUT2D eigenvalue weighted by molar-refractivity contribution is 6.01. The molecule has 0 N–H and O–H groups in total. The van der Waals surface area contributed by atoms with Crippen molar-refractivity contribution < 1.29 is 13.9 Å². The van der Waals surface area contributed by atoms with E-state index >= 15 is 0 Å². The molecule has 2 aliphatic carbocycles. The molecule has 0 bridgehead atoms. The second-order valence-corrected chi connectivity index (χ2v) is 8.63. The molecule has 1 spiro atoms. The van der Waals surface area contributed by atoms with Crippen LogP contribution in [0.4, 0.5) is 4.39 Å². The second-order valence-electron chi connectivity index (χ2n) is 8.63. The Morgan fingerprint density at radius 3 is 2.74 bits per heavy atom. The Morgan fingerprint density at radius 1 is 1.13 bits per heavy atom. The normalized spacial score (nSPS) is 27.8. The Bertz CT molecular complexity index is 1170. The number of hydrogen-bond donors (Lipinski definition) is 0. The molecular weight excluding hydrogens is 397 g/mol. The van der Waals surface area contributed by atoms with E-state index in [1.54, 1.807) is 43.0 Å². The van der Waals surface area contributed by atoms with Crippen LogP contribution >= 0.6 is 0 Å². The van der Waals surface area contributed by atoms with Gasteiger partial charge in [-0.3, -0.25) is 9.78 Å². The van der Waals surface area contributed by atoms with Crippen molar-refractivity contribution in [3.8, 4) is 17.3 Å². The van der Waals surface area contributed by atoms with Gasteiger partial charge in [0.1, 0.15) is 11.9 Å². The van der Waals surface area contributed by atoms with E-state index in [1.165, 1.54) is 6.07 Å². The highest BCUT2D eigenvalue weighted by Gasteiger charge is 2.76. The van der Waals surface area contributed by atoms with Gasteiger partial charge in [0.05, 0.1) is 35.3 Å². The van der Waals surface area contributed by atoms with Crippen molar-refractivity contribution in [3.63, 3.8) is 0 Å². The molecule has 4 unspecified atom stereocenters. The average Bonchev–Trinajstić information content (AvgIpc) is 3.43. The van der Waals surface area contributed by atoms with Gasteiger partial charge in [0.15, 0.2) is 5.82 Å². The first-order chi connectivity index (χ1) is 15.1. The molecule has 3 aliphatic rings. The molecule has 1 amide bonds. The minimum atomic E-state index is -0.507. The van der Waals surface area contributed by atoms with Gasteiger partial charge in [0.25, 0.3) is 5.91 Å². The van der Waals surface area contributed by atoms with Gasteiger partial charge in [-0.1, -0.05) is 6.07 Å². The van der Waals surface area contributed by atoms with Gasteiger partial charge < -0.3 is 9.64 Å². The topological polar surface area (TPSA) is 81.1 Å². The number of ether oxygens (including phenoxy) is 1. The summed E-state index contributed by atoms with van der Waals surface area (Å²) < 4.78 is 20.9. The van der Waals surface area contributed by atoms with Crippen LogP contribution in [0.1, 0.15) is 28.9 Å². The van der Waals surface area contributed by atoms with E-state index in [0.717, 1.165) is 18.5 Å². The second kappa shape index (κ2) is 6.54. The van der Waals surface area contributed by atoms with Crippen molar-refractivity contribution in [2.24, 2.45) is 11.3 Å². The summed E-state index contributed by atoms with van der Waals surface area (Å²) >= 11 is 0. The van der Waals surface area contributed by atoms with Gasteiger partial charge in [-0.05, 0) is 43.9 Å². The van der Waals surface area contributed by atoms with E-state index in [1.807, 2.05) is 11.8 Å². The Labute approximate surface area is 178 Å². The molecule has 3 aromatic rings. The summed E-state index contributed by atoms with van der Waals surface area (Å²) in [6.07, 6.45) is 8.24. The quantitative estimate of drug-likeness (QED) is 0.649. The predicted octanol–water partition coefficient (Wildman–Crippen LogP) is 3.06. The third-order valence-corrected chi connectivity index (χ3v) is 6.88. The molecule has 1 saturated heterocycles. The minimum Gasteiger partial charge on any atom is -0.471 e.